The molecule has 67 heavy (non-hydrogen) atoms. The maximum Gasteiger partial charge on any atom is 0.0540 e. The first kappa shape index (κ1) is 41.5. The van der Waals surface area contributed by atoms with Crippen molar-refractivity contribution in [3.05, 3.63) is 291 Å². The van der Waals surface area contributed by atoms with Gasteiger partial charge in [-0.1, -0.05) is 72.8 Å². The van der Waals surface area contributed by atoms with Crippen LogP contribution in [-0.4, -0.2) is 13.3 Å². The van der Waals surface area contributed by atoms with Crippen molar-refractivity contribution >= 4 is 75.7 Å². The van der Waals surface area contributed by atoms with Gasteiger partial charge in [0.1, 0.15) is 0 Å². The van der Waals surface area contributed by atoms with E-state index in [1.807, 2.05) is 0 Å². The van der Waals surface area contributed by atoms with Crippen LogP contribution in [0.2, 0.25) is 0 Å². The number of fused-ring (bicyclic) bond motifs is 1. The molecule has 0 bridgehead atoms. The second kappa shape index (κ2) is 18.7. The summed E-state index contributed by atoms with van der Waals surface area (Å²) in [5, 5.41) is 2.41. The Morgan fingerprint density at radius 2 is 0.507 bits per heavy atom. The van der Waals surface area contributed by atoms with E-state index in [0.29, 0.717) is 0 Å². The summed E-state index contributed by atoms with van der Waals surface area (Å²) < 4.78 is 5.69. The van der Waals surface area contributed by atoms with E-state index < -0.39 is 13.3 Å². The van der Waals surface area contributed by atoms with Crippen LogP contribution in [-0.2, 0) is 0 Å². The van der Waals surface area contributed by atoms with Crippen LogP contribution in [0.5, 0.6) is 0 Å². The molecule has 3 heteroatoms. The zero-order valence-corrected chi connectivity index (χ0v) is 39.2. The van der Waals surface area contributed by atoms with Gasteiger partial charge in [0.25, 0.3) is 0 Å². The SMILES string of the molecule is c1ccc(N(c2ccccc2)c2ccc(N(c3ccc(-c4ccc(-c5cc[c]([Ge]([c]6ccccc6)([c]6ccccc6)[c]6ccccc6)cc5)cc4)cc3)c3cccc4ccccc34)cc2)cc1. The zero-order chi connectivity index (χ0) is 44.8. The van der Waals surface area contributed by atoms with Crippen LogP contribution in [0.15, 0.2) is 291 Å². The Hall–Kier alpha value is -8.18. The Labute approximate surface area is 396 Å². The first-order chi connectivity index (χ1) is 33.2. The average Bonchev–Trinajstić information content (AvgIpc) is 3.42. The topological polar surface area (TPSA) is 6.48 Å². The van der Waals surface area contributed by atoms with Crippen molar-refractivity contribution in [2.75, 3.05) is 9.80 Å². The summed E-state index contributed by atoms with van der Waals surface area (Å²) in [6, 6.07) is 106. The minimum atomic E-state index is -3.32. The van der Waals surface area contributed by atoms with E-state index in [4.69, 9.17) is 0 Å². The fraction of sp³-hybridized carbons (Fsp3) is 0. The molecule has 0 fully saturated rings. The van der Waals surface area contributed by atoms with Crippen LogP contribution < -0.4 is 27.4 Å². The van der Waals surface area contributed by atoms with Crippen molar-refractivity contribution in [3.8, 4) is 22.3 Å². The summed E-state index contributed by atoms with van der Waals surface area (Å²) in [5.74, 6) is 0. The molecule has 11 aromatic carbocycles. The molecule has 11 rings (SSSR count). The third kappa shape index (κ3) is 8.14. The quantitative estimate of drug-likeness (QED) is 0.113. The van der Waals surface area contributed by atoms with Crippen molar-refractivity contribution < 1.29 is 0 Å². The first-order valence-electron chi connectivity index (χ1n) is 23.0. The molecule has 0 radical (unpaired) electrons. The number of nitrogens with zero attached hydrogens (tertiary/aromatic N) is 2. The molecule has 0 aliphatic carbocycles. The predicted octanol–water partition coefficient (Wildman–Crippen LogP) is 14.5. The molecule has 0 saturated heterocycles. The van der Waals surface area contributed by atoms with Gasteiger partial charge < -0.3 is 9.80 Å². The Kier molecular flexibility index (Phi) is 11.6. The van der Waals surface area contributed by atoms with Crippen molar-refractivity contribution in [1.29, 1.82) is 0 Å². The Morgan fingerprint density at radius 3 is 0.955 bits per heavy atom. The molecule has 318 valence electrons. The molecule has 0 aliphatic heterocycles. The van der Waals surface area contributed by atoms with Crippen LogP contribution in [0.1, 0.15) is 0 Å². The smallest absolute Gasteiger partial charge is 0.0540 e. The number of anilines is 6. The van der Waals surface area contributed by atoms with Gasteiger partial charge in [-0.3, -0.25) is 0 Å². The fourth-order valence-electron chi connectivity index (χ4n) is 9.82. The molecule has 0 unspecified atom stereocenters. The number of benzene rings is 11. The van der Waals surface area contributed by atoms with Gasteiger partial charge in [0.15, 0.2) is 0 Å². The maximum atomic E-state index is 2.40. The molecule has 0 N–H and O–H groups in total. The van der Waals surface area contributed by atoms with Gasteiger partial charge in [-0.2, -0.15) is 0 Å². The van der Waals surface area contributed by atoms with Gasteiger partial charge in [0.05, 0.1) is 5.69 Å². The second-order valence-corrected chi connectivity index (χ2v) is 24.9. The maximum absolute atomic E-state index is 3.32. The van der Waals surface area contributed by atoms with E-state index in [1.165, 1.54) is 50.6 Å². The van der Waals surface area contributed by atoms with E-state index in [0.717, 1.165) is 34.1 Å². The van der Waals surface area contributed by atoms with Crippen LogP contribution in [0.4, 0.5) is 34.1 Å². The van der Waals surface area contributed by atoms with Crippen LogP contribution in [0, 0.1) is 0 Å². The predicted molar refractivity (Wildman–Crippen MR) is 288 cm³/mol. The van der Waals surface area contributed by atoms with E-state index in [-0.39, 0.29) is 0 Å². The van der Waals surface area contributed by atoms with Gasteiger partial charge in [0.2, 0.25) is 0 Å². The van der Waals surface area contributed by atoms with E-state index >= 15 is 0 Å². The average molecular weight is 918 g/mol. The molecule has 0 heterocycles. The molecule has 0 atom stereocenters. The Balaban J connectivity index is 0.909. The summed E-state index contributed by atoms with van der Waals surface area (Å²) in [5.41, 5.74) is 11.4. The third-order valence-electron chi connectivity index (χ3n) is 13.0. The molecule has 0 spiro atoms. The zero-order valence-electron chi connectivity index (χ0n) is 37.1. The minimum Gasteiger partial charge on any atom is -0.0616 e. The van der Waals surface area contributed by atoms with Crippen molar-refractivity contribution in [3.63, 3.8) is 0 Å². The minimum absolute atomic E-state index is 1.08. The van der Waals surface area contributed by atoms with E-state index in [9.17, 15) is 0 Å². The fourth-order valence-corrected chi connectivity index (χ4v) is 19.8. The molecular formula is C64H48GeN2. The van der Waals surface area contributed by atoms with Gasteiger partial charge in [-0.15, -0.1) is 0 Å². The summed E-state index contributed by atoms with van der Waals surface area (Å²) in [7, 11) is 0. The van der Waals surface area contributed by atoms with Crippen LogP contribution >= 0.6 is 0 Å². The summed E-state index contributed by atoms with van der Waals surface area (Å²) in [4.78, 5) is 4.68. The third-order valence-corrected chi connectivity index (χ3v) is 23.1. The number of rotatable bonds is 12. The van der Waals surface area contributed by atoms with Gasteiger partial charge in [-0.25, -0.2) is 0 Å². The standard InChI is InChI=1S/C64H48GeN2/c1-6-21-54(22-7-1)65(55-23-8-2-9-24-55,56-25-10-3-11-26-56)57-41-37-51(38-42-57)49-33-35-50(36-34-49)52-39-43-61(44-40-52)67(64-32-18-20-53-19-16-17-31-63(53)64)62-47-45-60(46-48-62)66(58-27-12-4-13-28-58)59-29-14-5-15-30-59/h1-48H. The summed E-state index contributed by atoms with van der Waals surface area (Å²) in [6.07, 6.45) is 0. The van der Waals surface area contributed by atoms with Gasteiger partial charge in [-0.05, 0) is 60.0 Å². The number of hydrogen-bond acceptors (Lipinski definition) is 2. The van der Waals surface area contributed by atoms with Gasteiger partial charge >= 0.3 is 223 Å². The summed E-state index contributed by atoms with van der Waals surface area (Å²) >= 11 is -3.32. The van der Waals surface area contributed by atoms with Crippen molar-refractivity contribution in [1.82, 2.24) is 0 Å². The molecular weight excluding hydrogens is 869 g/mol. The Bertz CT molecular complexity index is 3200. The number of para-hydroxylation sites is 2. The van der Waals surface area contributed by atoms with Crippen molar-refractivity contribution in [2.24, 2.45) is 0 Å². The normalized spacial score (nSPS) is 11.3. The molecule has 0 saturated carbocycles. The second-order valence-electron chi connectivity index (χ2n) is 16.9. The monoisotopic (exact) mass is 918 g/mol. The summed E-state index contributed by atoms with van der Waals surface area (Å²) in [6.45, 7) is 0. The largest absolute Gasteiger partial charge is 0.0616 e. The van der Waals surface area contributed by atoms with E-state index in [1.54, 1.807) is 0 Å². The molecule has 2 nitrogen and oxygen atoms in total. The first-order valence-corrected chi connectivity index (χ1v) is 27.2. The molecule has 0 aliphatic rings. The van der Waals surface area contributed by atoms with Crippen molar-refractivity contribution in [2.45, 2.75) is 0 Å². The van der Waals surface area contributed by atoms with Crippen LogP contribution in [0.25, 0.3) is 33.0 Å². The molecule has 11 aromatic rings. The molecule has 0 aromatic heterocycles. The Morgan fingerprint density at radius 1 is 0.209 bits per heavy atom. The van der Waals surface area contributed by atoms with Gasteiger partial charge in [0, 0.05) is 28.1 Å². The molecule has 0 amide bonds. The number of hydrogen-bond donors (Lipinski definition) is 0. The van der Waals surface area contributed by atoms with Crippen LogP contribution in [0.3, 0.4) is 0 Å². The van der Waals surface area contributed by atoms with E-state index in [2.05, 4.69) is 301 Å².